The number of fused-ring (bicyclic) bond motifs is 1. The average molecular weight is 423 g/mol. The van der Waals surface area contributed by atoms with E-state index in [1.54, 1.807) is 11.8 Å². The number of aromatic amines is 1. The van der Waals surface area contributed by atoms with E-state index in [4.69, 9.17) is 0 Å². The van der Waals surface area contributed by atoms with Crippen LogP contribution in [0, 0.1) is 0 Å². The summed E-state index contributed by atoms with van der Waals surface area (Å²) < 4.78 is 23.3. The van der Waals surface area contributed by atoms with E-state index in [1.165, 1.54) is 0 Å². The highest BCUT2D eigenvalue weighted by molar-refractivity contribution is 7.99. The van der Waals surface area contributed by atoms with Gasteiger partial charge in [0, 0.05) is 44.4 Å². The van der Waals surface area contributed by atoms with Gasteiger partial charge < -0.3 is 9.88 Å². The van der Waals surface area contributed by atoms with Crippen LogP contribution in [0.3, 0.4) is 0 Å². The van der Waals surface area contributed by atoms with Crippen LogP contribution in [0.15, 0.2) is 29.4 Å². The van der Waals surface area contributed by atoms with Gasteiger partial charge in [-0.15, -0.1) is 0 Å². The molecule has 3 heterocycles. The van der Waals surface area contributed by atoms with Crippen LogP contribution >= 0.6 is 11.8 Å². The van der Waals surface area contributed by atoms with Crippen LogP contribution in [-0.2, 0) is 14.6 Å². The van der Waals surface area contributed by atoms with Gasteiger partial charge in [-0.3, -0.25) is 9.69 Å². The maximum absolute atomic E-state index is 12.5. The van der Waals surface area contributed by atoms with Crippen LogP contribution in [0.5, 0.6) is 0 Å². The first-order valence-corrected chi connectivity index (χ1v) is 12.6. The molecule has 2 saturated heterocycles. The molecule has 0 bridgehead atoms. The zero-order valence-electron chi connectivity index (χ0n) is 15.8. The molecule has 4 rings (SSSR count). The van der Waals surface area contributed by atoms with Crippen molar-refractivity contribution in [3.63, 3.8) is 0 Å². The third-order valence-electron chi connectivity index (χ3n) is 5.53. The number of thioether (sulfide) groups is 1. The molecule has 0 aliphatic carbocycles. The zero-order valence-corrected chi connectivity index (χ0v) is 17.5. The highest BCUT2D eigenvalue weighted by Gasteiger charge is 2.34. The molecule has 2 aliphatic rings. The number of rotatable bonds is 6. The number of amides is 1. The predicted octanol–water partition coefficient (Wildman–Crippen LogP) is 1.77. The molecule has 1 aromatic heterocycles. The highest BCUT2D eigenvalue weighted by Crippen LogP contribution is 2.21. The fourth-order valence-corrected chi connectivity index (χ4v) is 6.54. The second-order valence-electron chi connectivity index (χ2n) is 7.48. The largest absolute Gasteiger partial charge is 0.340 e. The Kier molecular flexibility index (Phi) is 5.93. The Morgan fingerprint density at radius 1 is 1.21 bits per heavy atom. The number of nitrogens with zero attached hydrogens (tertiary/aromatic N) is 3. The van der Waals surface area contributed by atoms with E-state index in [0.29, 0.717) is 25.3 Å². The smallest absolute Gasteiger partial charge is 0.222 e. The maximum Gasteiger partial charge on any atom is 0.222 e. The van der Waals surface area contributed by atoms with Crippen LogP contribution in [-0.4, -0.2) is 83.6 Å². The molecule has 1 N–H and O–H groups in total. The van der Waals surface area contributed by atoms with Crippen LogP contribution in [0.4, 0.5) is 0 Å². The van der Waals surface area contributed by atoms with E-state index < -0.39 is 9.84 Å². The third-order valence-corrected chi connectivity index (χ3v) is 8.24. The second-order valence-corrected chi connectivity index (χ2v) is 10.8. The van der Waals surface area contributed by atoms with E-state index in [2.05, 4.69) is 14.9 Å². The van der Waals surface area contributed by atoms with Crippen molar-refractivity contribution in [3.8, 4) is 0 Å². The first kappa shape index (κ1) is 19.7. The summed E-state index contributed by atoms with van der Waals surface area (Å²) in [5.74, 6) is 1.63. The average Bonchev–Trinajstić information content (AvgIpc) is 3.27. The fraction of sp³-hybridized carbons (Fsp3) is 0.579. The predicted molar refractivity (Wildman–Crippen MR) is 111 cm³/mol. The summed E-state index contributed by atoms with van der Waals surface area (Å²) in [7, 11) is -2.85. The lowest BCUT2D eigenvalue weighted by atomic mass is 10.2. The SMILES string of the molecule is O=C(CCCSc1nc2ccccc2[nH]1)N1CCN([C@@H]2CCS(=O)(=O)C2)CC1. The fourth-order valence-electron chi connectivity index (χ4n) is 3.95. The molecule has 2 aliphatic heterocycles. The number of carbonyl (C=O) groups is 1. The van der Waals surface area contributed by atoms with Crippen molar-refractivity contribution >= 4 is 38.5 Å². The molecule has 1 amide bonds. The maximum atomic E-state index is 12.5. The number of imidazole rings is 1. The molecule has 152 valence electrons. The molecular weight excluding hydrogens is 396 g/mol. The van der Waals surface area contributed by atoms with E-state index in [9.17, 15) is 13.2 Å². The summed E-state index contributed by atoms with van der Waals surface area (Å²) in [4.78, 5) is 24.5. The zero-order chi connectivity index (χ0) is 19.6. The minimum absolute atomic E-state index is 0.141. The first-order valence-electron chi connectivity index (χ1n) is 9.80. The van der Waals surface area contributed by atoms with Crippen molar-refractivity contribution in [2.24, 2.45) is 0 Å². The van der Waals surface area contributed by atoms with Crippen LogP contribution < -0.4 is 0 Å². The summed E-state index contributed by atoms with van der Waals surface area (Å²) in [5, 5.41) is 0.897. The molecule has 0 spiro atoms. The molecule has 28 heavy (non-hydrogen) atoms. The normalized spacial score (nSPS) is 22.7. The van der Waals surface area contributed by atoms with Gasteiger partial charge in [0.05, 0.1) is 22.5 Å². The molecule has 0 saturated carbocycles. The second kappa shape index (κ2) is 8.42. The van der Waals surface area contributed by atoms with Crippen molar-refractivity contribution in [1.82, 2.24) is 19.8 Å². The van der Waals surface area contributed by atoms with Gasteiger partial charge in [0.25, 0.3) is 0 Å². The Balaban J connectivity index is 1.17. The monoisotopic (exact) mass is 422 g/mol. The minimum atomic E-state index is -2.85. The summed E-state index contributed by atoms with van der Waals surface area (Å²) >= 11 is 1.65. The Hall–Kier alpha value is -1.58. The van der Waals surface area contributed by atoms with Gasteiger partial charge in [-0.1, -0.05) is 23.9 Å². The Morgan fingerprint density at radius 3 is 2.71 bits per heavy atom. The number of H-pyrrole nitrogens is 1. The molecule has 1 atom stereocenters. The highest BCUT2D eigenvalue weighted by atomic mass is 32.2. The van der Waals surface area contributed by atoms with Gasteiger partial charge in [0.15, 0.2) is 15.0 Å². The standard InChI is InChI=1S/C19H26N4O3S2/c24-18(6-3-12-27-19-20-16-4-1-2-5-17(16)21-19)23-10-8-22(9-11-23)15-7-13-28(25,26)14-15/h1-2,4-5,15H,3,6-14H2,(H,20,21)/t15-/m1/s1. The number of hydrogen-bond donors (Lipinski definition) is 1. The van der Waals surface area contributed by atoms with Gasteiger partial charge >= 0.3 is 0 Å². The van der Waals surface area contributed by atoms with E-state index in [1.807, 2.05) is 29.2 Å². The minimum Gasteiger partial charge on any atom is -0.340 e. The lowest BCUT2D eigenvalue weighted by Gasteiger charge is -2.37. The molecule has 1 aromatic carbocycles. The van der Waals surface area contributed by atoms with Crippen molar-refractivity contribution in [2.45, 2.75) is 30.5 Å². The van der Waals surface area contributed by atoms with Gasteiger partial charge in [-0.05, 0) is 25.0 Å². The quantitative estimate of drug-likeness (QED) is 0.564. The molecular formula is C19H26N4O3S2. The topological polar surface area (TPSA) is 86.4 Å². The molecule has 2 aromatic rings. The Labute approximate surface area is 169 Å². The molecule has 0 unspecified atom stereocenters. The van der Waals surface area contributed by atoms with Crippen molar-refractivity contribution < 1.29 is 13.2 Å². The van der Waals surface area contributed by atoms with E-state index in [-0.39, 0.29) is 17.7 Å². The number of carbonyl (C=O) groups excluding carboxylic acids is 1. The Bertz CT molecular complexity index is 903. The number of benzene rings is 1. The van der Waals surface area contributed by atoms with Crippen LogP contribution in [0.1, 0.15) is 19.3 Å². The lowest BCUT2D eigenvalue weighted by Crippen LogP contribution is -2.52. The summed E-state index contributed by atoms with van der Waals surface area (Å²) in [6, 6.07) is 8.10. The van der Waals surface area contributed by atoms with Crippen molar-refractivity contribution in [1.29, 1.82) is 0 Å². The third kappa shape index (κ3) is 4.69. The van der Waals surface area contributed by atoms with Crippen LogP contribution in [0.25, 0.3) is 11.0 Å². The van der Waals surface area contributed by atoms with Crippen molar-refractivity contribution in [2.75, 3.05) is 43.4 Å². The van der Waals surface area contributed by atoms with Crippen molar-refractivity contribution in [3.05, 3.63) is 24.3 Å². The number of piperazine rings is 1. The molecule has 0 radical (unpaired) electrons. The van der Waals surface area contributed by atoms with Gasteiger partial charge in [0.2, 0.25) is 5.91 Å². The summed E-state index contributed by atoms with van der Waals surface area (Å²) in [5.41, 5.74) is 2.00. The van der Waals surface area contributed by atoms with E-state index in [0.717, 1.165) is 47.9 Å². The molecule has 9 heteroatoms. The number of hydrogen-bond acceptors (Lipinski definition) is 6. The molecule has 2 fully saturated rings. The summed E-state index contributed by atoms with van der Waals surface area (Å²) in [6.45, 7) is 2.96. The molecule has 7 nitrogen and oxygen atoms in total. The van der Waals surface area contributed by atoms with Crippen LogP contribution in [0.2, 0.25) is 0 Å². The van der Waals surface area contributed by atoms with Gasteiger partial charge in [-0.25, -0.2) is 13.4 Å². The summed E-state index contributed by atoms with van der Waals surface area (Å²) in [6.07, 6.45) is 2.10. The number of nitrogens with one attached hydrogen (secondary N) is 1. The van der Waals surface area contributed by atoms with E-state index >= 15 is 0 Å². The van der Waals surface area contributed by atoms with Gasteiger partial charge in [0.1, 0.15) is 0 Å². The first-order chi connectivity index (χ1) is 13.5. The van der Waals surface area contributed by atoms with Gasteiger partial charge in [-0.2, -0.15) is 0 Å². The lowest BCUT2D eigenvalue weighted by molar-refractivity contribution is -0.133. The number of para-hydroxylation sites is 2. The number of sulfone groups is 1. The number of aromatic nitrogens is 2. The Morgan fingerprint density at radius 2 is 2.00 bits per heavy atom.